The van der Waals surface area contributed by atoms with Gasteiger partial charge in [0.05, 0.1) is 0 Å². The Balaban J connectivity index is 1.59. The smallest absolute Gasteiger partial charge is 0.0329 e. The van der Waals surface area contributed by atoms with Crippen molar-refractivity contribution in [3.8, 4) is 0 Å². The average molecular weight is 241 g/mol. The highest BCUT2D eigenvalue weighted by molar-refractivity contribution is 5.33. The quantitative estimate of drug-likeness (QED) is 0.841. The fourth-order valence-electron chi connectivity index (χ4n) is 5.30. The molecule has 1 aromatic carbocycles. The fourth-order valence-corrected chi connectivity index (χ4v) is 5.30. The van der Waals surface area contributed by atoms with E-state index in [9.17, 15) is 0 Å². The number of hydrogen-bond acceptors (Lipinski definition) is 1. The van der Waals surface area contributed by atoms with Gasteiger partial charge in [0.25, 0.3) is 0 Å². The Morgan fingerprint density at radius 2 is 1.56 bits per heavy atom. The molecule has 5 atom stereocenters. The molecule has 0 aromatic heterocycles. The predicted octanol–water partition coefficient (Wildman–Crippen LogP) is 3.60. The molecule has 4 rings (SSSR count). The highest BCUT2D eigenvalue weighted by Crippen LogP contribution is 2.71. The molecular weight excluding hydrogens is 218 g/mol. The van der Waals surface area contributed by atoms with E-state index in [-0.39, 0.29) is 0 Å². The summed E-state index contributed by atoms with van der Waals surface area (Å²) in [5, 5.41) is 0. The van der Waals surface area contributed by atoms with E-state index in [1.807, 2.05) is 0 Å². The minimum atomic E-state index is 0.294. The summed E-state index contributed by atoms with van der Waals surface area (Å²) in [6.45, 7) is 4.36. The third-order valence-corrected chi connectivity index (χ3v) is 5.84. The molecule has 96 valence electrons. The van der Waals surface area contributed by atoms with Crippen LogP contribution < -0.4 is 5.73 Å². The number of hydrogen-bond donors (Lipinski definition) is 1. The van der Waals surface area contributed by atoms with Gasteiger partial charge in [0.2, 0.25) is 0 Å². The molecule has 0 aliphatic heterocycles. The summed E-state index contributed by atoms with van der Waals surface area (Å²) in [5.41, 5.74) is 10.7. The molecule has 3 saturated carbocycles. The summed E-state index contributed by atoms with van der Waals surface area (Å²) >= 11 is 0. The van der Waals surface area contributed by atoms with Crippen molar-refractivity contribution in [2.45, 2.75) is 39.2 Å². The van der Waals surface area contributed by atoms with Crippen molar-refractivity contribution in [1.29, 1.82) is 0 Å². The van der Waals surface area contributed by atoms with E-state index in [1.54, 1.807) is 0 Å². The van der Waals surface area contributed by atoms with Crippen LogP contribution in [0.4, 0.5) is 0 Å². The van der Waals surface area contributed by atoms with Gasteiger partial charge in [-0.15, -0.1) is 0 Å². The first-order valence-corrected chi connectivity index (χ1v) is 7.49. The minimum absolute atomic E-state index is 0.294. The number of fused-ring (bicyclic) bond motifs is 5. The van der Waals surface area contributed by atoms with Gasteiger partial charge in [0, 0.05) is 6.04 Å². The first-order valence-electron chi connectivity index (χ1n) is 7.49. The van der Waals surface area contributed by atoms with Gasteiger partial charge in [-0.25, -0.2) is 0 Å². The highest BCUT2D eigenvalue weighted by atomic mass is 14.8. The van der Waals surface area contributed by atoms with Gasteiger partial charge in [0.15, 0.2) is 0 Å². The molecule has 0 amide bonds. The van der Waals surface area contributed by atoms with Crippen LogP contribution in [0.2, 0.25) is 0 Å². The lowest BCUT2D eigenvalue weighted by molar-refractivity contribution is 0.417. The molecule has 0 heterocycles. The van der Waals surface area contributed by atoms with Crippen LogP contribution in [-0.2, 0) is 0 Å². The van der Waals surface area contributed by atoms with Crippen molar-refractivity contribution >= 4 is 0 Å². The summed E-state index contributed by atoms with van der Waals surface area (Å²) in [5.74, 6) is 4.83. The standard InChI is InChI=1S/C17H23N/c1-9-5-10(2)7-13(6-9)17(18)16-14-11-3-4-12(8-11)15(14)16/h5-7,11-12,14-17H,3-4,8,18H2,1-2H3. The van der Waals surface area contributed by atoms with Gasteiger partial charge in [-0.2, -0.15) is 0 Å². The van der Waals surface area contributed by atoms with Crippen molar-refractivity contribution in [1.82, 2.24) is 0 Å². The topological polar surface area (TPSA) is 26.0 Å². The van der Waals surface area contributed by atoms with Crippen LogP contribution >= 0.6 is 0 Å². The molecule has 1 nitrogen and oxygen atoms in total. The lowest BCUT2D eigenvalue weighted by Crippen LogP contribution is -2.17. The predicted molar refractivity (Wildman–Crippen MR) is 74.1 cm³/mol. The van der Waals surface area contributed by atoms with E-state index < -0.39 is 0 Å². The Labute approximate surface area is 110 Å². The van der Waals surface area contributed by atoms with Crippen molar-refractivity contribution in [2.24, 2.45) is 35.3 Å². The lowest BCUT2D eigenvalue weighted by Gasteiger charge is -2.17. The molecule has 0 radical (unpaired) electrons. The number of rotatable bonds is 2. The van der Waals surface area contributed by atoms with Crippen LogP contribution in [0.5, 0.6) is 0 Å². The Bertz CT molecular complexity index is 456. The third-order valence-electron chi connectivity index (χ3n) is 5.84. The number of aryl methyl sites for hydroxylation is 2. The second kappa shape index (κ2) is 3.60. The van der Waals surface area contributed by atoms with Crippen molar-refractivity contribution in [2.75, 3.05) is 0 Å². The largest absolute Gasteiger partial charge is 0.324 e. The first kappa shape index (κ1) is 11.0. The molecule has 2 bridgehead atoms. The van der Waals surface area contributed by atoms with Crippen molar-refractivity contribution < 1.29 is 0 Å². The Morgan fingerprint density at radius 3 is 2.11 bits per heavy atom. The van der Waals surface area contributed by atoms with Gasteiger partial charge in [-0.1, -0.05) is 29.3 Å². The maximum Gasteiger partial charge on any atom is 0.0329 e. The van der Waals surface area contributed by atoms with Gasteiger partial charge < -0.3 is 5.73 Å². The summed E-state index contributed by atoms with van der Waals surface area (Å²) in [6, 6.07) is 7.14. The Hall–Kier alpha value is -0.820. The number of nitrogens with two attached hydrogens (primary N) is 1. The van der Waals surface area contributed by atoms with Crippen LogP contribution in [0.25, 0.3) is 0 Å². The molecule has 18 heavy (non-hydrogen) atoms. The monoisotopic (exact) mass is 241 g/mol. The SMILES string of the molecule is Cc1cc(C)cc(C(N)C2C3C4CCC(C4)C32)c1. The second-order valence-electron chi connectivity index (χ2n) is 7.01. The molecule has 1 heteroatoms. The molecule has 0 saturated heterocycles. The van der Waals surface area contributed by atoms with Gasteiger partial charge in [-0.05, 0) is 68.3 Å². The summed E-state index contributed by atoms with van der Waals surface area (Å²) in [6.07, 6.45) is 4.50. The zero-order chi connectivity index (χ0) is 12.4. The second-order valence-corrected chi connectivity index (χ2v) is 7.01. The van der Waals surface area contributed by atoms with Crippen LogP contribution in [0.3, 0.4) is 0 Å². The van der Waals surface area contributed by atoms with Gasteiger partial charge in [-0.3, -0.25) is 0 Å². The molecule has 1 aromatic rings. The maximum absolute atomic E-state index is 6.58. The molecule has 5 unspecified atom stereocenters. The van der Waals surface area contributed by atoms with Crippen LogP contribution in [0.1, 0.15) is 42.0 Å². The lowest BCUT2D eigenvalue weighted by atomic mass is 9.92. The summed E-state index contributed by atoms with van der Waals surface area (Å²) < 4.78 is 0. The zero-order valence-electron chi connectivity index (χ0n) is 11.4. The molecule has 3 fully saturated rings. The normalized spacial score (nSPS) is 41.8. The molecule has 2 N–H and O–H groups in total. The van der Waals surface area contributed by atoms with E-state index in [2.05, 4.69) is 32.0 Å². The highest BCUT2D eigenvalue weighted by Gasteiger charge is 2.66. The first-order chi connectivity index (χ1) is 8.65. The van der Waals surface area contributed by atoms with Crippen LogP contribution in [0, 0.1) is 43.4 Å². The fraction of sp³-hybridized carbons (Fsp3) is 0.647. The van der Waals surface area contributed by atoms with E-state index >= 15 is 0 Å². The third kappa shape index (κ3) is 1.43. The van der Waals surface area contributed by atoms with Crippen molar-refractivity contribution in [3.63, 3.8) is 0 Å². The van der Waals surface area contributed by atoms with E-state index in [1.165, 1.54) is 36.0 Å². The maximum atomic E-state index is 6.58. The molecule has 3 aliphatic rings. The van der Waals surface area contributed by atoms with E-state index in [0.717, 1.165) is 29.6 Å². The Kier molecular flexibility index (Phi) is 2.21. The van der Waals surface area contributed by atoms with Crippen LogP contribution in [-0.4, -0.2) is 0 Å². The van der Waals surface area contributed by atoms with Crippen LogP contribution in [0.15, 0.2) is 18.2 Å². The molecular formula is C17H23N. The van der Waals surface area contributed by atoms with Gasteiger partial charge in [0.1, 0.15) is 0 Å². The summed E-state index contributed by atoms with van der Waals surface area (Å²) in [7, 11) is 0. The van der Waals surface area contributed by atoms with Crippen molar-refractivity contribution in [3.05, 3.63) is 34.9 Å². The number of benzene rings is 1. The van der Waals surface area contributed by atoms with Gasteiger partial charge >= 0.3 is 0 Å². The van der Waals surface area contributed by atoms with E-state index in [0.29, 0.717) is 6.04 Å². The Morgan fingerprint density at radius 1 is 1.00 bits per heavy atom. The summed E-state index contributed by atoms with van der Waals surface area (Å²) in [4.78, 5) is 0. The van der Waals surface area contributed by atoms with E-state index in [4.69, 9.17) is 5.73 Å². The minimum Gasteiger partial charge on any atom is -0.324 e. The average Bonchev–Trinajstić information content (AvgIpc) is 2.74. The molecule has 0 spiro atoms. The molecule has 3 aliphatic carbocycles. The zero-order valence-corrected chi connectivity index (χ0v) is 11.4.